The fraction of sp³-hybridized carbons (Fsp3) is 0.357. The first-order chi connectivity index (χ1) is 7.58. The lowest BCUT2D eigenvalue weighted by molar-refractivity contribution is 0.104. The summed E-state index contributed by atoms with van der Waals surface area (Å²) in [5.74, 6) is 0.0422. The molecule has 0 aliphatic carbocycles. The molecule has 0 aliphatic heterocycles. The van der Waals surface area contributed by atoms with E-state index in [9.17, 15) is 4.79 Å². The molecule has 2 heteroatoms. The maximum atomic E-state index is 11.9. The topological polar surface area (TPSA) is 17.1 Å². The van der Waals surface area contributed by atoms with Gasteiger partial charge in [0.25, 0.3) is 0 Å². The summed E-state index contributed by atoms with van der Waals surface area (Å²) in [6.45, 7) is 6.05. The van der Waals surface area contributed by atoms with Crippen molar-refractivity contribution in [2.24, 2.45) is 0 Å². The Balaban J connectivity index is 2.97. The first kappa shape index (κ1) is 13.0. The minimum atomic E-state index is 0.0422. The van der Waals surface area contributed by atoms with Gasteiger partial charge in [0.05, 0.1) is 0 Å². The second-order valence-electron chi connectivity index (χ2n) is 3.84. The number of carbonyl (C=O) groups excluding carboxylic acids is 1. The highest BCUT2D eigenvalue weighted by Gasteiger charge is 2.05. The van der Waals surface area contributed by atoms with Crippen molar-refractivity contribution in [2.45, 2.75) is 33.6 Å². The molecule has 0 unspecified atom stereocenters. The summed E-state index contributed by atoms with van der Waals surface area (Å²) < 4.78 is 0. The van der Waals surface area contributed by atoms with Gasteiger partial charge in [-0.3, -0.25) is 4.79 Å². The number of rotatable bonds is 4. The summed E-state index contributed by atoms with van der Waals surface area (Å²) in [4.78, 5) is 11.9. The molecule has 0 saturated heterocycles. The van der Waals surface area contributed by atoms with Crippen LogP contribution in [-0.4, -0.2) is 5.78 Å². The van der Waals surface area contributed by atoms with Gasteiger partial charge in [-0.25, -0.2) is 0 Å². The van der Waals surface area contributed by atoms with E-state index in [1.165, 1.54) is 5.57 Å². The van der Waals surface area contributed by atoms with E-state index in [-0.39, 0.29) is 5.78 Å². The van der Waals surface area contributed by atoms with E-state index in [4.69, 9.17) is 11.6 Å². The Hall–Kier alpha value is -1.08. The molecule has 0 radical (unpaired) electrons. The zero-order chi connectivity index (χ0) is 12.1. The predicted octanol–water partition coefficient (Wildman–Crippen LogP) is 4.58. The zero-order valence-corrected chi connectivity index (χ0v) is 10.8. The number of allylic oxidation sites excluding steroid dienone is 2. The Morgan fingerprint density at radius 2 is 1.94 bits per heavy atom. The van der Waals surface area contributed by atoms with Crippen LogP contribution in [0, 0.1) is 6.92 Å². The fourth-order valence-electron chi connectivity index (χ4n) is 1.47. The van der Waals surface area contributed by atoms with Crippen LogP contribution in [0.1, 0.15) is 42.6 Å². The van der Waals surface area contributed by atoms with Crippen LogP contribution in [0.25, 0.3) is 0 Å². The van der Waals surface area contributed by atoms with Gasteiger partial charge in [0.15, 0.2) is 5.78 Å². The molecule has 1 aromatic rings. The minimum absolute atomic E-state index is 0.0422. The number of halogens is 1. The second-order valence-corrected chi connectivity index (χ2v) is 4.25. The van der Waals surface area contributed by atoms with Gasteiger partial charge in [0.1, 0.15) is 0 Å². The van der Waals surface area contributed by atoms with Crippen LogP contribution in [-0.2, 0) is 0 Å². The van der Waals surface area contributed by atoms with Crippen LogP contribution >= 0.6 is 11.6 Å². The van der Waals surface area contributed by atoms with Gasteiger partial charge in [-0.05, 0) is 37.5 Å². The molecule has 16 heavy (non-hydrogen) atoms. The molecule has 0 N–H and O–H groups in total. The normalized spacial score (nSPS) is 10.0. The standard InChI is InChI=1S/C14H17ClO/c1-4-11(5-2)8-14(16)12-7-6-10(3)13(15)9-12/h6-9H,4-5H2,1-3H3. The third kappa shape index (κ3) is 3.21. The SMILES string of the molecule is CCC(=CC(=O)c1ccc(C)c(Cl)c1)CC. The van der Waals surface area contributed by atoms with E-state index < -0.39 is 0 Å². The molecular weight excluding hydrogens is 220 g/mol. The molecule has 0 fully saturated rings. The van der Waals surface area contributed by atoms with E-state index in [0.717, 1.165) is 18.4 Å². The van der Waals surface area contributed by atoms with Crippen LogP contribution < -0.4 is 0 Å². The zero-order valence-electron chi connectivity index (χ0n) is 10.0. The van der Waals surface area contributed by atoms with E-state index in [1.54, 1.807) is 12.1 Å². The molecule has 0 bridgehead atoms. The fourth-order valence-corrected chi connectivity index (χ4v) is 1.65. The maximum absolute atomic E-state index is 11.9. The molecule has 0 aliphatic rings. The number of hydrogen-bond acceptors (Lipinski definition) is 1. The van der Waals surface area contributed by atoms with Gasteiger partial charge in [-0.1, -0.05) is 43.2 Å². The Kier molecular flexibility index (Phi) is 4.75. The highest BCUT2D eigenvalue weighted by Crippen LogP contribution is 2.18. The van der Waals surface area contributed by atoms with Gasteiger partial charge in [0.2, 0.25) is 0 Å². The summed E-state index contributed by atoms with van der Waals surface area (Å²) >= 11 is 5.99. The quantitative estimate of drug-likeness (QED) is 0.553. The highest BCUT2D eigenvalue weighted by molar-refractivity contribution is 6.31. The predicted molar refractivity (Wildman–Crippen MR) is 69.2 cm³/mol. The van der Waals surface area contributed by atoms with Gasteiger partial charge < -0.3 is 0 Å². The monoisotopic (exact) mass is 236 g/mol. The summed E-state index contributed by atoms with van der Waals surface area (Å²) in [6, 6.07) is 5.43. The molecule has 0 spiro atoms. The molecule has 1 aromatic carbocycles. The van der Waals surface area contributed by atoms with Crippen LogP contribution in [0.4, 0.5) is 0 Å². The smallest absolute Gasteiger partial charge is 0.185 e. The van der Waals surface area contributed by atoms with Gasteiger partial charge >= 0.3 is 0 Å². The molecule has 1 nitrogen and oxygen atoms in total. The second kappa shape index (κ2) is 5.86. The summed E-state index contributed by atoms with van der Waals surface area (Å²) in [6.07, 6.45) is 3.56. The first-order valence-corrected chi connectivity index (χ1v) is 5.96. The number of aryl methyl sites for hydroxylation is 1. The molecule has 0 atom stereocenters. The van der Waals surface area contributed by atoms with Crippen molar-refractivity contribution in [3.63, 3.8) is 0 Å². The first-order valence-electron chi connectivity index (χ1n) is 5.58. The third-order valence-corrected chi connectivity index (χ3v) is 3.11. The van der Waals surface area contributed by atoms with Crippen molar-refractivity contribution in [2.75, 3.05) is 0 Å². The number of carbonyl (C=O) groups is 1. The molecule has 1 rings (SSSR count). The van der Waals surface area contributed by atoms with Crippen molar-refractivity contribution in [3.05, 3.63) is 46.0 Å². The Morgan fingerprint density at radius 3 is 2.44 bits per heavy atom. The maximum Gasteiger partial charge on any atom is 0.185 e. The van der Waals surface area contributed by atoms with E-state index in [1.807, 2.05) is 19.1 Å². The Morgan fingerprint density at radius 1 is 1.31 bits per heavy atom. The number of ketones is 1. The van der Waals surface area contributed by atoms with Gasteiger partial charge in [-0.2, -0.15) is 0 Å². The van der Waals surface area contributed by atoms with Crippen LogP contribution in [0.5, 0.6) is 0 Å². The van der Waals surface area contributed by atoms with E-state index in [0.29, 0.717) is 10.6 Å². The molecule has 0 aromatic heterocycles. The Labute approximate surface area is 102 Å². The van der Waals surface area contributed by atoms with Crippen molar-refractivity contribution < 1.29 is 4.79 Å². The highest BCUT2D eigenvalue weighted by atomic mass is 35.5. The number of hydrogen-bond donors (Lipinski definition) is 0. The van der Waals surface area contributed by atoms with Crippen LogP contribution in [0.15, 0.2) is 29.8 Å². The average molecular weight is 237 g/mol. The van der Waals surface area contributed by atoms with Crippen molar-refractivity contribution in [1.82, 2.24) is 0 Å². The van der Waals surface area contributed by atoms with E-state index >= 15 is 0 Å². The average Bonchev–Trinajstić information content (AvgIpc) is 2.29. The summed E-state index contributed by atoms with van der Waals surface area (Å²) in [5, 5.41) is 0.647. The lowest BCUT2D eigenvalue weighted by Crippen LogP contribution is -1.97. The number of benzene rings is 1. The van der Waals surface area contributed by atoms with Crippen molar-refractivity contribution in [3.8, 4) is 0 Å². The van der Waals surface area contributed by atoms with Gasteiger partial charge in [-0.15, -0.1) is 0 Å². The molecule has 0 saturated carbocycles. The lowest BCUT2D eigenvalue weighted by Gasteiger charge is -2.02. The largest absolute Gasteiger partial charge is 0.289 e. The van der Waals surface area contributed by atoms with Crippen molar-refractivity contribution >= 4 is 17.4 Å². The summed E-state index contributed by atoms with van der Waals surface area (Å²) in [7, 11) is 0. The molecule has 0 amide bonds. The van der Waals surface area contributed by atoms with Crippen LogP contribution in [0.3, 0.4) is 0 Å². The van der Waals surface area contributed by atoms with Crippen LogP contribution in [0.2, 0.25) is 5.02 Å². The Bertz CT molecular complexity index is 413. The lowest BCUT2D eigenvalue weighted by atomic mass is 10.0. The summed E-state index contributed by atoms with van der Waals surface area (Å²) in [5.41, 5.74) is 2.82. The third-order valence-electron chi connectivity index (χ3n) is 2.70. The van der Waals surface area contributed by atoms with Crippen molar-refractivity contribution in [1.29, 1.82) is 0 Å². The molecule has 86 valence electrons. The molecular formula is C14H17ClO. The van der Waals surface area contributed by atoms with E-state index in [2.05, 4.69) is 13.8 Å². The van der Waals surface area contributed by atoms with Gasteiger partial charge in [0, 0.05) is 10.6 Å². The minimum Gasteiger partial charge on any atom is -0.289 e. The molecule has 0 heterocycles.